The van der Waals surface area contributed by atoms with Gasteiger partial charge in [0.15, 0.2) is 0 Å². The summed E-state index contributed by atoms with van der Waals surface area (Å²) in [5, 5.41) is 16.2. The number of rotatable bonds is 15. The van der Waals surface area contributed by atoms with Crippen molar-refractivity contribution in [1.29, 1.82) is 0 Å². The number of hydrogen-bond acceptors (Lipinski definition) is 8. The molecular formula is C42H59N5O6S2. The molecule has 0 radical (unpaired) electrons. The van der Waals surface area contributed by atoms with Gasteiger partial charge in [0.1, 0.15) is 6.04 Å². The number of carboxylic acid groups (broad SMARTS) is 1. The van der Waals surface area contributed by atoms with Gasteiger partial charge >= 0.3 is 5.97 Å². The lowest BCUT2D eigenvalue weighted by Gasteiger charge is -2.30. The Bertz CT molecular complexity index is 2100. The second kappa shape index (κ2) is 19.4. The SMILES string of the molecule is C1CCC(NC2CCCCC2)CC1.CN(C)c1cccc2c(S(=O)(=O)NCCCC[C@H](NS(=O)(=O)c3cccc4c(N(C)C)cccc34)C(=O)O)cccc12. The summed E-state index contributed by atoms with van der Waals surface area (Å²) in [4.78, 5) is 15.9. The first-order valence-corrected chi connectivity index (χ1v) is 22.6. The van der Waals surface area contributed by atoms with Crippen LogP contribution in [0.1, 0.15) is 83.5 Å². The lowest BCUT2D eigenvalue weighted by atomic mass is 9.91. The highest BCUT2D eigenvalue weighted by atomic mass is 32.2. The van der Waals surface area contributed by atoms with Crippen molar-refractivity contribution in [2.75, 3.05) is 44.5 Å². The fraction of sp³-hybridized carbons (Fsp3) is 0.500. The minimum Gasteiger partial charge on any atom is -0.480 e. The Morgan fingerprint density at radius 1 is 0.636 bits per heavy atom. The number of aliphatic carboxylic acids is 1. The van der Waals surface area contributed by atoms with E-state index in [1.165, 1.54) is 70.3 Å². The van der Waals surface area contributed by atoms with Crippen molar-refractivity contribution in [3.05, 3.63) is 72.8 Å². The molecule has 11 nitrogen and oxygen atoms in total. The normalized spacial score (nSPS) is 16.4. The lowest BCUT2D eigenvalue weighted by molar-refractivity contribution is -0.139. The first kappa shape index (κ1) is 42.4. The summed E-state index contributed by atoms with van der Waals surface area (Å²) in [5.41, 5.74) is 1.73. The van der Waals surface area contributed by atoms with Crippen molar-refractivity contribution in [2.45, 2.75) is 111 Å². The number of sulfonamides is 2. The second-order valence-corrected chi connectivity index (χ2v) is 18.7. The van der Waals surface area contributed by atoms with Crippen molar-refractivity contribution in [3.63, 3.8) is 0 Å². The number of nitrogens with one attached hydrogen (secondary N) is 3. The summed E-state index contributed by atoms with van der Waals surface area (Å²) in [6.07, 6.45) is 15.2. The van der Waals surface area contributed by atoms with Gasteiger partial charge in [-0.15, -0.1) is 0 Å². The first-order valence-electron chi connectivity index (χ1n) is 19.7. The maximum atomic E-state index is 13.3. The Balaban J connectivity index is 0.000000373. The highest BCUT2D eigenvalue weighted by Crippen LogP contribution is 2.32. The topological polar surface area (TPSA) is 148 Å². The van der Waals surface area contributed by atoms with E-state index in [0.717, 1.165) is 34.2 Å². The maximum absolute atomic E-state index is 13.3. The molecule has 0 heterocycles. The largest absolute Gasteiger partial charge is 0.480 e. The summed E-state index contributed by atoms with van der Waals surface area (Å²) in [7, 11) is -0.513. The molecule has 2 aliphatic rings. The monoisotopic (exact) mass is 793 g/mol. The van der Waals surface area contributed by atoms with Crippen LogP contribution in [0, 0.1) is 0 Å². The maximum Gasteiger partial charge on any atom is 0.321 e. The third-order valence-corrected chi connectivity index (χ3v) is 13.8. The molecule has 2 aliphatic carbocycles. The third-order valence-electron chi connectivity index (χ3n) is 10.7. The quantitative estimate of drug-likeness (QED) is 0.0915. The van der Waals surface area contributed by atoms with Crippen molar-refractivity contribution < 1.29 is 26.7 Å². The van der Waals surface area contributed by atoms with E-state index in [1.807, 2.05) is 68.3 Å². The summed E-state index contributed by atoms with van der Waals surface area (Å²) in [6, 6.07) is 21.2. The smallest absolute Gasteiger partial charge is 0.321 e. The zero-order valence-electron chi connectivity index (χ0n) is 32.8. The molecule has 2 fully saturated rings. The molecule has 6 rings (SSSR count). The summed E-state index contributed by atoms with van der Waals surface area (Å²) < 4.78 is 57.8. The molecule has 4 aromatic rings. The number of carboxylic acids is 1. The van der Waals surface area contributed by atoms with Crippen LogP contribution in [0.15, 0.2) is 82.6 Å². The molecule has 0 bridgehead atoms. The molecule has 4 aromatic carbocycles. The van der Waals surface area contributed by atoms with Crippen LogP contribution in [0.5, 0.6) is 0 Å². The van der Waals surface area contributed by atoms with Crippen LogP contribution in [0.2, 0.25) is 0 Å². The van der Waals surface area contributed by atoms with Crippen molar-refractivity contribution in [1.82, 2.24) is 14.8 Å². The predicted molar refractivity (Wildman–Crippen MR) is 224 cm³/mol. The van der Waals surface area contributed by atoms with E-state index in [1.54, 1.807) is 36.4 Å². The van der Waals surface area contributed by atoms with Crippen molar-refractivity contribution in [3.8, 4) is 0 Å². The van der Waals surface area contributed by atoms with Gasteiger partial charge < -0.3 is 20.2 Å². The number of unbranched alkanes of at least 4 members (excludes halogenated alkanes) is 1. The summed E-state index contributed by atoms with van der Waals surface area (Å²) >= 11 is 0. The van der Waals surface area contributed by atoms with E-state index in [-0.39, 0.29) is 29.2 Å². The molecule has 300 valence electrons. The standard InChI is InChI=1S/C30H36N4O6S2.C12H23N/c1-33(2)26-16-7-13-23-21(26)11-9-18-28(23)41(37,38)31-20-6-5-15-25(30(35)36)32-42(39,40)29-19-10-12-22-24(29)14-8-17-27(22)34(3)4;1-3-7-11(8-4-1)13-12-9-5-2-6-10-12/h7-14,16-19,25,31-32H,5-6,15,20H2,1-4H3,(H,35,36);11-13H,1-10H2/t25-;/m0./s1. The van der Waals surface area contributed by atoms with Gasteiger partial charge in [-0.3, -0.25) is 4.79 Å². The molecule has 13 heteroatoms. The number of hydrogen-bond donors (Lipinski definition) is 4. The first-order chi connectivity index (χ1) is 26.3. The van der Waals surface area contributed by atoms with Gasteiger partial charge in [0.2, 0.25) is 20.0 Å². The van der Waals surface area contributed by atoms with Crippen LogP contribution in [-0.2, 0) is 24.8 Å². The molecule has 4 N–H and O–H groups in total. The van der Waals surface area contributed by atoms with Crippen LogP contribution in [0.4, 0.5) is 11.4 Å². The number of anilines is 2. The number of benzene rings is 4. The van der Waals surface area contributed by atoms with E-state index in [0.29, 0.717) is 17.2 Å². The summed E-state index contributed by atoms with van der Waals surface area (Å²) in [6.45, 7) is 0.0712. The second-order valence-electron chi connectivity index (χ2n) is 15.3. The Morgan fingerprint density at radius 2 is 1.07 bits per heavy atom. The van der Waals surface area contributed by atoms with Crippen LogP contribution in [0.3, 0.4) is 0 Å². The van der Waals surface area contributed by atoms with Crippen molar-refractivity contribution in [2.24, 2.45) is 0 Å². The Morgan fingerprint density at radius 3 is 1.53 bits per heavy atom. The molecule has 2 saturated carbocycles. The third kappa shape index (κ3) is 11.2. The van der Waals surface area contributed by atoms with Crippen LogP contribution in [-0.4, -0.2) is 80.8 Å². The predicted octanol–water partition coefficient (Wildman–Crippen LogP) is 7.25. The van der Waals surface area contributed by atoms with Gasteiger partial charge in [-0.05, 0) is 69.2 Å². The molecule has 0 unspecified atom stereocenters. The molecule has 0 aliphatic heterocycles. The fourth-order valence-corrected chi connectivity index (χ4v) is 10.6. The van der Waals surface area contributed by atoms with E-state index >= 15 is 0 Å². The van der Waals surface area contributed by atoms with Crippen LogP contribution in [0.25, 0.3) is 21.5 Å². The Hall–Kier alpha value is -3.75. The van der Waals surface area contributed by atoms with Crippen molar-refractivity contribution >= 4 is 58.9 Å². The molecule has 0 saturated heterocycles. The summed E-state index contributed by atoms with van der Waals surface area (Å²) in [5.74, 6) is -1.30. The molecule has 0 amide bonds. The number of nitrogens with zero attached hydrogens (tertiary/aromatic N) is 2. The molecular weight excluding hydrogens is 735 g/mol. The van der Waals surface area contributed by atoms with E-state index in [9.17, 15) is 26.7 Å². The van der Waals surface area contributed by atoms with Gasteiger partial charge in [0.05, 0.1) is 9.79 Å². The zero-order chi connectivity index (χ0) is 39.6. The van der Waals surface area contributed by atoms with E-state index in [4.69, 9.17) is 0 Å². The average Bonchev–Trinajstić information content (AvgIpc) is 3.17. The van der Waals surface area contributed by atoms with Crippen LogP contribution < -0.4 is 24.6 Å². The molecule has 1 atom stereocenters. The zero-order valence-corrected chi connectivity index (χ0v) is 34.4. The number of fused-ring (bicyclic) bond motifs is 2. The molecule has 0 aromatic heterocycles. The van der Waals surface area contributed by atoms with Gasteiger partial charge in [0, 0.05) is 79.7 Å². The van der Waals surface area contributed by atoms with Crippen LogP contribution >= 0.6 is 0 Å². The van der Waals surface area contributed by atoms with Gasteiger partial charge in [-0.2, -0.15) is 4.72 Å². The highest BCUT2D eigenvalue weighted by molar-refractivity contribution is 7.90. The minimum atomic E-state index is -4.17. The highest BCUT2D eigenvalue weighted by Gasteiger charge is 2.27. The Kier molecular flexibility index (Phi) is 15.0. The average molecular weight is 794 g/mol. The van der Waals surface area contributed by atoms with Gasteiger partial charge in [-0.1, -0.05) is 87.1 Å². The Labute approximate surface area is 328 Å². The minimum absolute atomic E-state index is 0.00442. The number of carbonyl (C=O) groups is 1. The lowest BCUT2D eigenvalue weighted by Crippen LogP contribution is -2.40. The van der Waals surface area contributed by atoms with E-state index in [2.05, 4.69) is 14.8 Å². The molecule has 0 spiro atoms. The van der Waals surface area contributed by atoms with Gasteiger partial charge in [-0.25, -0.2) is 21.6 Å². The fourth-order valence-electron chi connectivity index (χ4n) is 7.89. The van der Waals surface area contributed by atoms with Gasteiger partial charge in [0.25, 0.3) is 0 Å². The van der Waals surface area contributed by atoms with E-state index < -0.39 is 32.1 Å². The molecule has 55 heavy (non-hydrogen) atoms.